The predicted molar refractivity (Wildman–Crippen MR) is 66.5 cm³/mol. The third kappa shape index (κ3) is 2.67. The van der Waals surface area contributed by atoms with E-state index in [2.05, 4.69) is 15.5 Å². The zero-order chi connectivity index (χ0) is 11.2. The van der Waals surface area contributed by atoms with Crippen LogP contribution in [0.2, 0.25) is 0 Å². The van der Waals surface area contributed by atoms with Crippen molar-refractivity contribution in [3.05, 3.63) is 60.3 Å². The van der Waals surface area contributed by atoms with Gasteiger partial charge in [-0.3, -0.25) is 5.43 Å². The molecule has 2 aromatic rings. The van der Waals surface area contributed by atoms with E-state index in [-0.39, 0.29) is 0 Å². The number of hydrazone groups is 1. The highest BCUT2D eigenvalue weighted by Gasteiger charge is 1.95. The van der Waals surface area contributed by atoms with Crippen molar-refractivity contribution in [2.45, 2.75) is 6.92 Å². The zero-order valence-corrected chi connectivity index (χ0v) is 9.09. The van der Waals surface area contributed by atoms with Crippen LogP contribution in [-0.4, -0.2) is 10.7 Å². The van der Waals surface area contributed by atoms with Crippen molar-refractivity contribution < 1.29 is 0 Å². The minimum atomic E-state index is 0.748. The summed E-state index contributed by atoms with van der Waals surface area (Å²) in [5, 5.41) is 4.27. The molecular weight excluding hydrogens is 198 g/mol. The Kier molecular flexibility index (Phi) is 3.28. The minimum absolute atomic E-state index is 0.748. The van der Waals surface area contributed by atoms with Gasteiger partial charge in [-0.25, -0.2) is 4.98 Å². The van der Waals surface area contributed by atoms with Crippen LogP contribution in [0.4, 0.5) is 5.82 Å². The van der Waals surface area contributed by atoms with Gasteiger partial charge in [0.25, 0.3) is 0 Å². The molecule has 0 aliphatic heterocycles. The maximum Gasteiger partial charge on any atom is 0.146 e. The van der Waals surface area contributed by atoms with Crippen molar-refractivity contribution in [2.24, 2.45) is 5.10 Å². The molecule has 0 saturated heterocycles. The number of anilines is 1. The van der Waals surface area contributed by atoms with E-state index in [1.807, 2.05) is 55.5 Å². The molecule has 0 unspecified atom stereocenters. The molecule has 0 aliphatic rings. The first-order valence-electron chi connectivity index (χ1n) is 5.13. The molecule has 0 bridgehead atoms. The average Bonchev–Trinajstić information content (AvgIpc) is 2.38. The Morgan fingerprint density at radius 1 is 1.06 bits per heavy atom. The Morgan fingerprint density at radius 2 is 1.81 bits per heavy atom. The molecule has 80 valence electrons. The molecule has 16 heavy (non-hydrogen) atoms. The monoisotopic (exact) mass is 211 g/mol. The Bertz CT molecular complexity index is 463. The summed E-state index contributed by atoms with van der Waals surface area (Å²) in [6, 6.07) is 15.7. The van der Waals surface area contributed by atoms with Gasteiger partial charge in [-0.1, -0.05) is 36.4 Å². The number of benzene rings is 1. The van der Waals surface area contributed by atoms with Crippen LogP contribution in [0.3, 0.4) is 0 Å². The van der Waals surface area contributed by atoms with Crippen molar-refractivity contribution in [1.82, 2.24) is 4.98 Å². The SMILES string of the molecule is C/C(=N\Nc1ccccn1)c1ccccc1. The first-order valence-corrected chi connectivity index (χ1v) is 5.13. The summed E-state index contributed by atoms with van der Waals surface area (Å²) in [5.41, 5.74) is 4.96. The lowest BCUT2D eigenvalue weighted by Crippen LogP contribution is -2.00. The Hall–Kier alpha value is -2.16. The van der Waals surface area contributed by atoms with Crippen molar-refractivity contribution in [1.29, 1.82) is 0 Å². The molecule has 1 N–H and O–H groups in total. The van der Waals surface area contributed by atoms with Crippen molar-refractivity contribution in [3.8, 4) is 0 Å². The van der Waals surface area contributed by atoms with Gasteiger partial charge in [0, 0.05) is 6.20 Å². The molecule has 2 rings (SSSR count). The Labute approximate surface area is 94.9 Å². The Morgan fingerprint density at radius 3 is 2.50 bits per heavy atom. The lowest BCUT2D eigenvalue weighted by molar-refractivity contribution is 1.22. The van der Waals surface area contributed by atoms with E-state index in [1.165, 1.54) is 0 Å². The van der Waals surface area contributed by atoms with E-state index in [0.717, 1.165) is 17.1 Å². The molecule has 0 amide bonds. The molecule has 0 atom stereocenters. The molecule has 0 fully saturated rings. The molecule has 1 aromatic carbocycles. The quantitative estimate of drug-likeness (QED) is 0.626. The summed E-state index contributed by atoms with van der Waals surface area (Å²) < 4.78 is 0. The van der Waals surface area contributed by atoms with Crippen molar-refractivity contribution in [3.63, 3.8) is 0 Å². The van der Waals surface area contributed by atoms with Gasteiger partial charge < -0.3 is 0 Å². The summed E-state index contributed by atoms with van der Waals surface area (Å²) in [5.74, 6) is 0.748. The normalized spacial score (nSPS) is 11.2. The van der Waals surface area contributed by atoms with Crippen LogP contribution in [-0.2, 0) is 0 Å². The highest BCUT2D eigenvalue weighted by Crippen LogP contribution is 2.03. The molecule has 0 spiro atoms. The smallest absolute Gasteiger partial charge is 0.146 e. The van der Waals surface area contributed by atoms with Gasteiger partial charge in [-0.05, 0) is 24.6 Å². The van der Waals surface area contributed by atoms with E-state index in [1.54, 1.807) is 6.20 Å². The van der Waals surface area contributed by atoms with Crippen molar-refractivity contribution in [2.75, 3.05) is 5.43 Å². The van der Waals surface area contributed by atoms with Gasteiger partial charge in [0.1, 0.15) is 5.82 Å². The topological polar surface area (TPSA) is 37.3 Å². The lowest BCUT2D eigenvalue weighted by Gasteiger charge is -2.02. The number of hydrogen-bond acceptors (Lipinski definition) is 3. The number of nitrogens with one attached hydrogen (secondary N) is 1. The van der Waals surface area contributed by atoms with Gasteiger partial charge in [0.2, 0.25) is 0 Å². The van der Waals surface area contributed by atoms with E-state index < -0.39 is 0 Å². The number of hydrogen-bond donors (Lipinski definition) is 1. The van der Waals surface area contributed by atoms with E-state index in [0.29, 0.717) is 0 Å². The maximum absolute atomic E-state index is 4.27. The van der Waals surface area contributed by atoms with E-state index >= 15 is 0 Å². The molecule has 3 heteroatoms. The first-order chi connectivity index (χ1) is 7.86. The molecule has 1 aromatic heterocycles. The summed E-state index contributed by atoms with van der Waals surface area (Å²) in [4.78, 5) is 4.13. The minimum Gasteiger partial charge on any atom is -0.261 e. The molecule has 0 radical (unpaired) electrons. The second-order valence-electron chi connectivity index (χ2n) is 3.39. The van der Waals surface area contributed by atoms with Gasteiger partial charge in [-0.15, -0.1) is 0 Å². The number of pyridine rings is 1. The number of aromatic nitrogens is 1. The third-order valence-corrected chi connectivity index (χ3v) is 2.19. The van der Waals surface area contributed by atoms with Gasteiger partial charge in [0.05, 0.1) is 5.71 Å². The van der Waals surface area contributed by atoms with Crippen LogP contribution in [0.25, 0.3) is 0 Å². The molecule has 0 aliphatic carbocycles. The zero-order valence-electron chi connectivity index (χ0n) is 9.09. The van der Waals surface area contributed by atoms with E-state index in [9.17, 15) is 0 Å². The second-order valence-corrected chi connectivity index (χ2v) is 3.39. The van der Waals surface area contributed by atoms with Gasteiger partial charge >= 0.3 is 0 Å². The van der Waals surface area contributed by atoms with E-state index in [4.69, 9.17) is 0 Å². The summed E-state index contributed by atoms with van der Waals surface area (Å²) in [6.07, 6.45) is 1.73. The summed E-state index contributed by atoms with van der Waals surface area (Å²) in [7, 11) is 0. The summed E-state index contributed by atoms with van der Waals surface area (Å²) >= 11 is 0. The van der Waals surface area contributed by atoms with Crippen molar-refractivity contribution >= 4 is 11.5 Å². The Balaban J connectivity index is 2.09. The highest BCUT2D eigenvalue weighted by atomic mass is 15.3. The van der Waals surface area contributed by atoms with Crippen LogP contribution < -0.4 is 5.43 Å². The second kappa shape index (κ2) is 5.07. The first kappa shape index (κ1) is 10.4. The molecule has 3 nitrogen and oxygen atoms in total. The summed E-state index contributed by atoms with van der Waals surface area (Å²) in [6.45, 7) is 1.96. The highest BCUT2D eigenvalue weighted by molar-refractivity contribution is 5.98. The van der Waals surface area contributed by atoms with Crippen LogP contribution in [0.5, 0.6) is 0 Å². The van der Waals surface area contributed by atoms with Crippen LogP contribution >= 0.6 is 0 Å². The largest absolute Gasteiger partial charge is 0.261 e. The standard InChI is InChI=1S/C13H13N3/c1-11(12-7-3-2-4-8-12)15-16-13-9-5-6-10-14-13/h2-10H,1H3,(H,14,16)/b15-11+. The van der Waals surface area contributed by atoms with Crippen LogP contribution in [0.15, 0.2) is 59.8 Å². The van der Waals surface area contributed by atoms with Crippen LogP contribution in [0, 0.1) is 0 Å². The fourth-order valence-electron chi connectivity index (χ4n) is 1.31. The third-order valence-electron chi connectivity index (χ3n) is 2.19. The molecule has 1 heterocycles. The van der Waals surface area contributed by atoms with Crippen LogP contribution in [0.1, 0.15) is 12.5 Å². The number of nitrogens with zero attached hydrogens (tertiary/aromatic N) is 2. The van der Waals surface area contributed by atoms with Gasteiger partial charge in [-0.2, -0.15) is 5.10 Å². The number of rotatable bonds is 3. The molecule has 0 saturated carbocycles. The molecular formula is C13H13N3. The van der Waals surface area contributed by atoms with Gasteiger partial charge in [0.15, 0.2) is 0 Å². The maximum atomic E-state index is 4.27. The lowest BCUT2D eigenvalue weighted by atomic mass is 10.1. The average molecular weight is 211 g/mol. The predicted octanol–water partition coefficient (Wildman–Crippen LogP) is 2.92. The fourth-order valence-corrected chi connectivity index (χ4v) is 1.31. The fraction of sp³-hybridized carbons (Fsp3) is 0.0769.